The Morgan fingerprint density at radius 3 is 2.43 bits per heavy atom. The molecule has 0 radical (unpaired) electrons. The van der Waals surface area contributed by atoms with Gasteiger partial charge in [0.25, 0.3) is 0 Å². The van der Waals surface area contributed by atoms with Crippen LogP contribution in [0.25, 0.3) is 11.1 Å². The van der Waals surface area contributed by atoms with Gasteiger partial charge in [-0.25, -0.2) is 4.79 Å². The third kappa shape index (κ3) is 4.59. The summed E-state index contributed by atoms with van der Waals surface area (Å²) in [6.07, 6.45) is 4.87. The quantitative estimate of drug-likeness (QED) is 0.334. The second-order valence-corrected chi connectivity index (χ2v) is 8.42. The van der Waals surface area contributed by atoms with E-state index in [2.05, 4.69) is 57.7 Å². The van der Waals surface area contributed by atoms with Crippen molar-refractivity contribution in [1.82, 2.24) is 0 Å². The number of aryl methyl sites for hydroxylation is 1. The second-order valence-electron chi connectivity index (χ2n) is 8.42. The number of carbonyl (C=O) groups is 1. The van der Waals surface area contributed by atoms with E-state index in [-0.39, 0.29) is 24.2 Å². The molecule has 0 aromatic heterocycles. The number of benzene rings is 2. The van der Waals surface area contributed by atoms with Crippen molar-refractivity contribution in [1.29, 1.82) is 0 Å². The maximum absolute atomic E-state index is 11.5. The lowest BCUT2D eigenvalue weighted by Crippen LogP contribution is -2.16. The summed E-state index contributed by atoms with van der Waals surface area (Å²) in [7, 11) is 0. The lowest BCUT2D eigenvalue weighted by molar-refractivity contribution is -0.140. The molecule has 4 heteroatoms. The molecule has 0 aliphatic heterocycles. The maximum atomic E-state index is 11.5. The van der Waals surface area contributed by atoms with Crippen LogP contribution in [0, 0.1) is 0 Å². The van der Waals surface area contributed by atoms with E-state index in [1.54, 1.807) is 0 Å². The van der Waals surface area contributed by atoms with Crippen LogP contribution < -0.4 is 4.74 Å². The van der Waals surface area contributed by atoms with Crippen LogP contribution >= 0.6 is 0 Å². The highest BCUT2D eigenvalue weighted by atomic mass is 16.6. The van der Waals surface area contributed by atoms with Crippen LogP contribution in [0.5, 0.6) is 5.75 Å². The van der Waals surface area contributed by atoms with Crippen LogP contribution in [0.2, 0.25) is 0 Å². The molecule has 4 nitrogen and oxygen atoms in total. The number of esters is 1. The number of fused-ring (bicyclic) bond motifs is 3. The van der Waals surface area contributed by atoms with Crippen LogP contribution in [-0.2, 0) is 21.4 Å². The summed E-state index contributed by atoms with van der Waals surface area (Å²) in [5, 5.41) is 8.89. The van der Waals surface area contributed by atoms with Gasteiger partial charge < -0.3 is 14.6 Å². The monoisotopic (exact) mass is 408 g/mol. The van der Waals surface area contributed by atoms with Gasteiger partial charge in [0.15, 0.2) is 0 Å². The molecule has 0 spiro atoms. The summed E-state index contributed by atoms with van der Waals surface area (Å²) in [6.45, 7) is 10.2. The van der Waals surface area contributed by atoms with Crippen LogP contribution in [-0.4, -0.2) is 30.9 Å². The number of aliphatic hydroxyl groups is 1. The number of aliphatic hydroxyl groups excluding tert-OH is 1. The molecule has 0 saturated carbocycles. The Labute approximate surface area is 179 Å². The number of ether oxygens (including phenoxy) is 2. The fourth-order valence-electron chi connectivity index (χ4n) is 4.05. The summed E-state index contributed by atoms with van der Waals surface area (Å²) < 4.78 is 10.8. The van der Waals surface area contributed by atoms with Crippen molar-refractivity contribution in [2.45, 2.75) is 51.9 Å². The van der Waals surface area contributed by atoms with Crippen LogP contribution in [0.1, 0.15) is 56.7 Å². The zero-order valence-electron chi connectivity index (χ0n) is 18.3. The average molecular weight is 409 g/mol. The molecule has 0 saturated heterocycles. The molecule has 0 unspecified atom stereocenters. The highest BCUT2D eigenvalue weighted by molar-refractivity contribution is 5.87. The van der Waals surface area contributed by atoms with Crippen molar-refractivity contribution < 1.29 is 19.4 Å². The maximum Gasteiger partial charge on any atom is 0.335 e. The van der Waals surface area contributed by atoms with Crippen LogP contribution in [0.3, 0.4) is 0 Å². The average Bonchev–Trinajstić information content (AvgIpc) is 2.97. The lowest BCUT2D eigenvalue weighted by Gasteiger charge is -2.22. The van der Waals surface area contributed by atoms with E-state index in [0.717, 1.165) is 12.2 Å². The summed E-state index contributed by atoms with van der Waals surface area (Å²) in [5.41, 5.74) is 6.56. The SMILES string of the molecule is C=C(CO)C(=O)OCCOc1ccc2c(c1)C(C)(C)c1cc(CCCCC)ccc1-2. The Balaban J connectivity index is 1.69. The second kappa shape index (κ2) is 9.48. The van der Waals surface area contributed by atoms with Gasteiger partial charge in [0.1, 0.15) is 19.0 Å². The Hall–Kier alpha value is -2.59. The van der Waals surface area contributed by atoms with Gasteiger partial charge in [-0.05, 0) is 52.8 Å². The van der Waals surface area contributed by atoms with Crippen molar-refractivity contribution in [2.75, 3.05) is 19.8 Å². The third-order valence-corrected chi connectivity index (χ3v) is 5.85. The number of unbranched alkanes of at least 4 members (excludes halogenated alkanes) is 2. The van der Waals surface area contributed by atoms with Gasteiger partial charge in [-0.15, -0.1) is 0 Å². The number of rotatable bonds is 10. The van der Waals surface area contributed by atoms with E-state index in [1.165, 1.54) is 47.1 Å². The van der Waals surface area contributed by atoms with Gasteiger partial charge in [0, 0.05) is 5.41 Å². The lowest BCUT2D eigenvalue weighted by atomic mass is 9.81. The van der Waals surface area contributed by atoms with Crippen molar-refractivity contribution in [3.63, 3.8) is 0 Å². The molecule has 0 fully saturated rings. The first-order valence-corrected chi connectivity index (χ1v) is 10.7. The van der Waals surface area contributed by atoms with Gasteiger partial charge in [-0.2, -0.15) is 0 Å². The molecule has 0 atom stereocenters. The summed E-state index contributed by atoms with van der Waals surface area (Å²) in [5.74, 6) is 0.163. The highest BCUT2D eigenvalue weighted by Crippen LogP contribution is 2.49. The topological polar surface area (TPSA) is 55.8 Å². The van der Waals surface area contributed by atoms with E-state index in [0.29, 0.717) is 0 Å². The largest absolute Gasteiger partial charge is 0.490 e. The molecular weight excluding hydrogens is 376 g/mol. The van der Waals surface area contributed by atoms with Gasteiger partial charge in [0.05, 0.1) is 12.2 Å². The Morgan fingerprint density at radius 2 is 1.73 bits per heavy atom. The molecule has 2 aromatic rings. The van der Waals surface area contributed by atoms with Crippen molar-refractivity contribution in [3.05, 3.63) is 65.2 Å². The molecule has 0 heterocycles. The van der Waals surface area contributed by atoms with Gasteiger partial charge in [-0.3, -0.25) is 0 Å². The zero-order valence-corrected chi connectivity index (χ0v) is 18.3. The van der Waals surface area contributed by atoms with Gasteiger partial charge >= 0.3 is 5.97 Å². The molecule has 2 aromatic carbocycles. The van der Waals surface area contributed by atoms with E-state index in [4.69, 9.17) is 14.6 Å². The first-order chi connectivity index (χ1) is 14.4. The standard InChI is InChI=1S/C26H32O4/c1-5-6-7-8-19-9-11-21-22-12-10-20(16-24(22)26(3,4)23(21)15-19)29-13-14-30-25(28)18(2)17-27/h9-12,15-16,27H,2,5-8,13-14,17H2,1,3-4H3. The van der Waals surface area contributed by atoms with Crippen LogP contribution in [0.15, 0.2) is 48.6 Å². The van der Waals surface area contributed by atoms with Crippen molar-refractivity contribution in [3.8, 4) is 16.9 Å². The van der Waals surface area contributed by atoms with Crippen molar-refractivity contribution >= 4 is 5.97 Å². The minimum absolute atomic E-state index is 0.0427. The summed E-state index contributed by atoms with van der Waals surface area (Å²) in [4.78, 5) is 11.5. The Bertz CT molecular complexity index is 927. The summed E-state index contributed by atoms with van der Waals surface area (Å²) in [6, 6.07) is 13.1. The Morgan fingerprint density at radius 1 is 1.03 bits per heavy atom. The molecule has 160 valence electrons. The predicted molar refractivity (Wildman–Crippen MR) is 120 cm³/mol. The molecule has 1 aliphatic carbocycles. The molecule has 0 bridgehead atoms. The normalized spacial score (nSPS) is 13.5. The fourth-order valence-corrected chi connectivity index (χ4v) is 4.05. The number of carbonyl (C=O) groups excluding carboxylic acids is 1. The first-order valence-electron chi connectivity index (χ1n) is 10.7. The minimum atomic E-state index is -0.596. The molecule has 3 rings (SSSR count). The molecule has 1 N–H and O–H groups in total. The molecule has 0 amide bonds. The fraction of sp³-hybridized carbons (Fsp3) is 0.423. The molecular formula is C26H32O4. The first kappa shape index (κ1) is 22.1. The van der Waals surface area contributed by atoms with E-state index in [1.807, 2.05) is 6.07 Å². The zero-order chi connectivity index (χ0) is 21.7. The third-order valence-electron chi connectivity index (χ3n) is 5.85. The highest BCUT2D eigenvalue weighted by Gasteiger charge is 2.35. The van der Waals surface area contributed by atoms with Crippen LogP contribution in [0.4, 0.5) is 0 Å². The number of hydrogen-bond acceptors (Lipinski definition) is 4. The van der Waals surface area contributed by atoms with Gasteiger partial charge in [0.2, 0.25) is 0 Å². The molecule has 30 heavy (non-hydrogen) atoms. The van der Waals surface area contributed by atoms with Gasteiger partial charge in [-0.1, -0.05) is 64.5 Å². The van der Waals surface area contributed by atoms with E-state index >= 15 is 0 Å². The molecule has 1 aliphatic rings. The number of hydrogen-bond donors (Lipinski definition) is 1. The van der Waals surface area contributed by atoms with E-state index in [9.17, 15) is 4.79 Å². The smallest absolute Gasteiger partial charge is 0.335 e. The van der Waals surface area contributed by atoms with E-state index < -0.39 is 12.6 Å². The Kier molecular flexibility index (Phi) is 6.99. The minimum Gasteiger partial charge on any atom is -0.490 e. The van der Waals surface area contributed by atoms with Crippen molar-refractivity contribution in [2.24, 2.45) is 0 Å². The predicted octanol–water partition coefficient (Wildman–Crippen LogP) is 5.20. The summed E-state index contributed by atoms with van der Waals surface area (Å²) >= 11 is 0.